The van der Waals surface area contributed by atoms with Gasteiger partial charge in [-0.3, -0.25) is 4.40 Å². The quantitative estimate of drug-likeness (QED) is 0.468. The first-order chi connectivity index (χ1) is 13.1. The predicted octanol–water partition coefficient (Wildman–Crippen LogP) is 5.40. The summed E-state index contributed by atoms with van der Waals surface area (Å²) in [6, 6.07) is 13.3. The van der Waals surface area contributed by atoms with E-state index >= 15 is 0 Å². The number of hydrogen-bond acceptors (Lipinski definition) is 4. The molecule has 0 saturated carbocycles. The number of hydrogen-bond donors (Lipinski definition) is 1. The van der Waals surface area contributed by atoms with Crippen LogP contribution in [0.25, 0.3) is 28.0 Å². The van der Waals surface area contributed by atoms with Gasteiger partial charge in [0.2, 0.25) is 4.77 Å². The van der Waals surface area contributed by atoms with Gasteiger partial charge in [-0.1, -0.05) is 23.7 Å². The maximum absolute atomic E-state index is 6.02. The monoisotopic (exact) mass is 397 g/mol. The average Bonchev–Trinajstić information content (AvgIpc) is 3.14. The van der Waals surface area contributed by atoms with Crippen LogP contribution in [0.1, 0.15) is 0 Å². The van der Waals surface area contributed by atoms with Crippen LogP contribution in [-0.4, -0.2) is 28.6 Å². The van der Waals surface area contributed by atoms with Crippen molar-refractivity contribution in [3.8, 4) is 33.9 Å². The molecule has 2 aromatic heterocycles. The molecule has 0 spiro atoms. The van der Waals surface area contributed by atoms with E-state index in [0.29, 0.717) is 15.5 Å². The van der Waals surface area contributed by atoms with Gasteiger partial charge in [-0.05, 0) is 42.0 Å². The highest BCUT2D eigenvalue weighted by molar-refractivity contribution is 7.71. The van der Waals surface area contributed by atoms with E-state index in [1.807, 2.05) is 53.1 Å². The number of methoxy groups -OCH3 is 2. The van der Waals surface area contributed by atoms with E-state index in [0.717, 1.165) is 33.8 Å². The van der Waals surface area contributed by atoms with Crippen LogP contribution in [0.4, 0.5) is 0 Å². The second-order valence-corrected chi connectivity index (χ2v) is 6.72. The van der Waals surface area contributed by atoms with Gasteiger partial charge in [0.1, 0.15) is 17.1 Å². The Morgan fingerprint density at radius 2 is 1.81 bits per heavy atom. The summed E-state index contributed by atoms with van der Waals surface area (Å²) >= 11 is 11.4. The fourth-order valence-corrected chi connectivity index (χ4v) is 3.33. The average molecular weight is 398 g/mol. The Balaban J connectivity index is 1.92. The molecule has 0 aliphatic carbocycles. The number of aromatic nitrogens is 3. The first-order valence-electron chi connectivity index (χ1n) is 8.19. The minimum atomic E-state index is 0.470. The van der Waals surface area contributed by atoms with Crippen molar-refractivity contribution in [1.29, 1.82) is 0 Å². The number of fused-ring (bicyclic) bond motifs is 1. The van der Waals surface area contributed by atoms with E-state index in [2.05, 4.69) is 9.97 Å². The fourth-order valence-electron chi connectivity index (χ4n) is 3.00. The second-order valence-electron chi connectivity index (χ2n) is 5.91. The van der Waals surface area contributed by atoms with Crippen LogP contribution < -0.4 is 9.47 Å². The number of nitrogens with zero attached hydrogens (tertiary/aromatic N) is 2. The summed E-state index contributed by atoms with van der Waals surface area (Å²) in [6.07, 6.45) is 3.70. The number of aromatic amines is 1. The van der Waals surface area contributed by atoms with Gasteiger partial charge in [-0.2, -0.15) is 0 Å². The molecule has 4 rings (SSSR count). The van der Waals surface area contributed by atoms with E-state index in [4.69, 9.17) is 33.3 Å². The number of benzene rings is 2. The normalized spacial score (nSPS) is 10.9. The Hall–Kier alpha value is -2.83. The third kappa shape index (κ3) is 3.18. The zero-order chi connectivity index (χ0) is 19.0. The highest BCUT2D eigenvalue weighted by atomic mass is 35.5. The van der Waals surface area contributed by atoms with Crippen LogP contribution in [-0.2, 0) is 0 Å². The van der Waals surface area contributed by atoms with Gasteiger partial charge in [0.15, 0.2) is 0 Å². The van der Waals surface area contributed by atoms with Crippen LogP contribution in [0.3, 0.4) is 0 Å². The highest BCUT2D eigenvalue weighted by Gasteiger charge is 2.14. The van der Waals surface area contributed by atoms with E-state index in [-0.39, 0.29) is 0 Å². The van der Waals surface area contributed by atoms with Gasteiger partial charge in [-0.15, -0.1) is 0 Å². The number of imidazole rings is 1. The molecule has 136 valence electrons. The first-order valence-corrected chi connectivity index (χ1v) is 8.98. The van der Waals surface area contributed by atoms with Crippen molar-refractivity contribution < 1.29 is 9.47 Å². The molecule has 7 heteroatoms. The first kappa shape index (κ1) is 17.6. The van der Waals surface area contributed by atoms with Crippen molar-refractivity contribution in [3.05, 3.63) is 64.7 Å². The molecular weight excluding hydrogens is 382 g/mol. The molecule has 4 aromatic rings. The second kappa shape index (κ2) is 7.06. The fraction of sp³-hybridized carbons (Fsp3) is 0.100. The zero-order valence-corrected chi connectivity index (χ0v) is 16.3. The van der Waals surface area contributed by atoms with Crippen molar-refractivity contribution in [2.24, 2.45) is 0 Å². The Labute approximate surface area is 166 Å². The lowest BCUT2D eigenvalue weighted by atomic mass is 10.1. The van der Waals surface area contributed by atoms with Crippen molar-refractivity contribution in [3.63, 3.8) is 0 Å². The van der Waals surface area contributed by atoms with Crippen molar-refractivity contribution >= 4 is 29.5 Å². The van der Waals surface area contributed by atoms with Gasteiger partial charge in [0.05, 0.1) is 19.9 Å². The van der Waals surface area contributed by atoms with E-state index < -0.39 is 0 Å². The lowest BCUT2D eigenvalue weighted by molar-refractivity contribution is 0.395. The lowest BCUT2D eigenvalue weighted by Gasteiger charge is -2.08. The van der Waals surface area contributed by atoms with Gasteiger partial charge < -0.3 is 14.5 Å². The Morgan fingerprint density at radius 1 is 1.04 bits per heavy atom. The van der Waals surface area contributed by atoms with Crippen LogP contribution in [0.15, 0.2) is 54.9 Å². The Kier molecular flexibility index (Phi) is 4.59. The lowest BCUT2D eigenvalue weighted by Crippen LogP contribution is -1.92. The van der Waals surface area contributed by atoms with Gasteiger partial charge in [0, 0.05) is 34.6 Å². The van der Waals surface area contributed by atoms with Crippen LogP contribution in [0.2, 0.25) is 5.02 Å². The van der Waals surface area contributed by atoms with Crippen molar-refractivity contribution in [1.82, 2.24) is 14.4 Å². The SMILES string of the molecule is COc1ccc(-c2cn3c(=S)ncc(-c4ccc(Cl)cc4)c3[nH]2)c(OC)c1. The van der Waals surface area contributed by atoms with E-state index in [9.17, 15) is 0 Å². The molecule has 0 atom stereocenters. The number of ether oxygens (including phenoxy) is 2. The highest BCUT2D eigenvalue weighted by Crippen LogP contribution is 2.34. The number of halogens is 1. The predicted molar refractivity (Wildman–Crippen MR) is 109 cm³/mol. The van der Waals surface area contributed by atoms with Crippen LogP contribution >= 0.6 is 23.8 Å². The van der Waals surface area contributed by atoms with Gasteiger partial charge in [0.25, 0.3) is 0 Å². The molecule has 27 heavy (non-hydrogen) atoms. The molecule has 2 heterocycles. The Morgan fingerprint density at radius 3 is 2.52 bits per heavy atom. The maximum Gasteiger partial charge on any atom is 0.205 e. The van der Waals surface area contributed by atoms with Crippen LogP contribution in [0.5, 0.6) is 11.5 Å². The van der Waals surface area contributed by atoms with Crippen molar-refractivity contribution in [2.75, 3.05) is 14.2 Å². The number of rotatable bonds is 4. The minimum Gasteiger partial charge on any atom is -0.497 e. The largest absolute Gasteiger partial charge is 0.497 e. The standard InChI is InChI=1S/C20H16ClN3O2S/c1-25-14-7-8-15(18(9-14)26-2)17-11-24-19(23-17)16(10-22-20(24)27)12-3-5-13(21)6-4-12/h3-11,23H,1-2H3. The van der Waals surface area contributed by atoms with Crippen molar-refractivity contribution in [2.45, 2.75) is 0 Å². The molecule has 0 aliphatic heterocycles. The third-order valence-electron chi connectivity index (χ3n) is 4.37. The number of nitrogens with one attached hydrogen (secondary N) is 1. The molecule has 2 aromatic carbocycles. The Bertz CT molecular complexity index is 1180. The minimum absolute atomic E-state index is 0.470. The summed E-state index contributed by atoms with van der Waals surface area (Å²) in [7, 11) is 3.26. The molecule has 5 nitrogen and oxygen atoms in total. The molecule has 0 amide bonds. The summed E-state index contributed by atoms with van der Waals surface area (Å²) < 4.78 is 13.1. The molecule has 0 radical (unpaired) electrons. The zero-order valence-electron chi connectivity index (χ0n) is 14.7. The molecule has 0 unspecified atom stereocenters. The van der Waals surface area contributed by atoms with Gasteiger partial charge in [-0.25, -0.2) is 4.98 Å². The molecule has 0 bridgehead atoms. The summed E-state index contributed by atoms with van der Waals surface area (Å²) in [6.45, 7) is 0. The third-order valence-corrected chi connectivity index (χ3v) is 4.93. The smallest absolute Gasteiger partial charge is 0.205 e. The van der Waals surface area contributed by atoms with Gasteiger partial charge >= 0.3 is 0 Å². The topological polar surface area (TPSA) is 51.5 Å². The molecule has 0 saturated heterocycles. The van der Waals surface area contributed by atoms with Crippen LogP contribution in [0, 0.1) is 4.77 Å². The van der Waals surface area contributed by atoms with E-state index in [1.54, 1.807) is 20.4 Å². The molecule has 1 N–H and O–H groups in total. The molecule has 0 fully saturated rings. The summed E-state index contributed by atoms with van der Waals surface area (Å²) in [5.41, 5.74) is 4.54. The van der Waals surface area contributed by atoms with E-state index in [1.165, 1.54) is 0 Å². The summed E-state index contributed by atoms with van der Waals surface area (Å²) in [4.78, 5) is 7.81. The maximum atomic E-state index is 6.02. The number of H-pyrrole nitrogens is 1. The molecular formula is C20H16ClN3O2S. The summed E-state index contributed by atoms with van der Waals surface area (Å²) in [5, 5.41) is 0.686. The molecule has 0 aliphatic rings. The summed E-state index contributed by atoms with van der Waals surface area (Å²) in [5.74, 6) is 1.43.